The van der Waals surface area contributed by atoms with Gasteiger partial charge in [-0.05, 0) is 73.6 Å². The van der Waals surface area contributed by atoms with E-state index in [1.165, 1.54) is 97.6 Å². The second-order valence-corrected chi connectivity index (χ2v) is 12.1. The van der Waals surface area contributed by atoms with Crippen molar-refractivity contribution in [1.29, 1.82) is 0 Å². The number of hydrogen-bond donors (Lipinski definition) is 1. The van der Waals surface area contributed by atoms with Crippen molar-refractivity contribution in [3.8, 4) is 11.5 Å². The fourth-order valence-electron chi connectivity index (χ4n) is 6.33. The van der Waals surface area contributed by atoms with Crippen molar-refractivity contribution < 1.29 is 17.2 Å². The molecule has 1 N–H and O–H groups in total. The van der Waals surface area contributed by atoms with Crippen LogP contribution in [0.2, 0.25) is 0 Å². The highest BCUT2D eigenvalue weighted by Crippen LogP contribution is 2.46. The third-order valence-corrected chi connectivity index (χ3v) is 8.72. The van der Waals surface area contributed by atoms with Gasteiger partial charge in [0.2, 0.25) is 0 Å². The van der Waals surface area contributed by atoms with Gasteiger partial charge < -0.3 is 14.4 Å². The predicted molar refractivity (Wildman–Crippen MR) is 141 cm³/mol. The molecule has 0 spiro atoms. The first kappa shape index (κ1) is 23.2. The molecule has 5 rings (SSSR count). The maximum absolute atomic E-state index is 10.8. The van der Waals surface area contributed by atoms with E-state index in [1.54, 1.807) is 0 Å². The molecule has 0 aromatic heterocycles. The van der Waals surface area contributed by atoms with E-state index in [0.29, 0.717) is 24.5 Å². The highest BCUT2D eigenvalue weighted by Gasteiger charge is 2.27. The lowest BCUT2D eigenvalue weighted by atomic mass is 9.80. The average Bonchev–Trinajstić information content (AvgIpc) is 2.83. The third-order valence-electron chi connectivity index (χ3n) is 7.86. The van der Waals surface area contributed by atoms with Crippen LogP contribution < -0.4 is 9.47 Å². The number of ether oxygens (including phenoxy) is 2. The molecule has 2 aromatic carbocycles. The van der Waals surface area contributed by atoms with Crippen LogP contribution in [0.25, 0.3) is 0 Å². The Morgan fingerprint density at radius 1 is 0.697 bits per heavy atom. The summed E-state index contributed by atoms with van der Waals surface area (Å²) in [6, 6.07) is 9.30. The summed E-state index contributed by atoms with van der Waals surface area (Å²) >= 11 is 0. The number of hydrogen-bond acceptors (Lipinski definition) is 3. The van der Waals surface area contributed by atoms with Crippen molar-refractivity contribution in [2.45, 2.75) is 96.3 Å². The molecular weight excluding hydrogens is 427 g/mol. The summed E-state index contributed by atoms with van der Waals surface area (Å²) < 4.78 is 12.8. The number of fused-ring (bicyclic) bond motifs is 2. The van der Waals surface area contributed by atoms with Crippen molar-refractivity contribution in [1.82, 2.24) is 0 Å². The van der Waals surface area contributed by atoms with Crippen LogP contribution in [-0.2, 0) is 6.42 Å². The summed E-state index contributed by atoms with van der Waals surface area (Å²) in [6.45, 7) is 4.43. The zero-order valence-corrected chi connectivity index (χ0v) is 21.3. The van der Waals surface area contributed by atoms with Gasteiger partial charge in [0.05, 0.1) is 0 Å². The first-order valence-corrected chi connectivity index (χ1v) is 14.7. The van der Waals surface area contributed by atoms with E-state index in [0.717, 1.165) is 17.9 Å². The predicted octanol–water partition coefficient (Wildman–Crippen LogP) is 8.56. The van der Waals surface area contributed by atoms with Gasteiger partial charge in [0, 0.05) is 9.27 Å². The Balaban J connectivity index is 0.00000171. The van der Waals surface area contributed by atoms with E-state index in [1.807, 2.05) is 0 Å². The van der Waals surface area contributed by atoms with Crippen molar-refractivity contribution in [2.24, 2.45) is 0 Å². The van der Waals surface area contributed by atoms with Gasteiger partial charge in [-0.3, -0.25) is 0 Å². The molecule has 4 heteroatoms. The van der Waals surface area contributed by atoms with Crippen LogP contribution in [0.15, 0.2) is 24.3 Å². The van der Waals surface area contributed by atoms with Crippen molar-refractivity contribution >= 4 is 8.15 Å². The Morgan fingerprint density at radius 3 is 1.55 bits per heavy atom. The molecule has 182 valence electrons. The van der Waals surface area contributed by atoms with Gasteiger partial charge in [-0.25, -0.2) is 0 Å². The van der Waals surface area contributed by atoms with Crippen LogP contribution in [0.4, 0.5) is 0 Å². The van der Waals surface area contributed by atoms with Crippen LogP contribution >= 0.6 is 8.15 Å². The fourth-order valence-corrected chi connectivity index (χ4v) is 6.96. The van der Waals surface area contributed by atoms with Gasteiger partial charge in [-0.15, -0.1) is 0 Å². The number of aryl methyl sites for hydroxylation is 2. The largest absolute Gasteiger partial charge is 0.486 e. The molecule has 1 heterocycles. The van der Waals surface area contributed by atoms with E-state index in [2.05, 4.69) is 38.1 Å². The second-order valence-electron chi connectivity index (χ2n) is 10.6. The van der Waals surface area contributed by atoms with E-state index in [9.17, 15) is 4.89 Å². The SMILES string of the molecule is Cc1cc2c(c(C3CCCCC3)c1)OCP(O)COc1c(cc(C)cc1C1CCCCC1)C2.[HH].[HH]. The molecule has 2 aliphatic carbocycles. The van der Waals surface area contributed by atoms with E-state index in [4.69, 9.17) is 9.47 Å². The molecule has 0 atom stereocenters. The quantitative estimate of drug-likeness (QED) is 0.447. The second kappa shape index (κ2) is 10.4. The summed E-state index contributed by atoms with van der Waals surface area (Å²) in [5.41, 5.74) is 7.87. The minimum Gasteiger partial charge on any atom is -0.486 e. The van der Waals surface area contributed by atoms with Crippen molar-refractivity contribution in [2.75, 3.05) is 12.7 Å². The molecule has 2 saturated carbocycles. The molecule has 2 aromatic rings. The summed E-state index contributed by atoms with van der Waals surface area (Å²) in [4.78, 5) is 10.8. The summed E-state index contributed by atoms with van der Waals surface area (Å²) in [7, 11) is -1.33. The van der Waals surface area contributed by atoms with Crippen LogP contribution in [0, 0.1) is 13.8 Å². The topological polar surface area (TPSA) is 38.7 Å². The first-order valence-electron chi connectivity index (χ1n) is 13.0. The monoisotopic (exact) mass is 470 g/mol. The van der Waals surface area contributed by atoms with E-state index < -0.39 is 8.15 Å². The summed E-state index contributed by atoms with van der Waals surface area (Å²) in [5.74, 6) is 3.24. The van der Waals surface area contributed by atoms with Crippen LogP contribution in [0.5, 0.6) is 11.5 Å². The molecule has 0 bridgehead atoms. The minimum atomic E-state index is -1.33. The Kier molecular flexibility index (Phi) is 7.28. The van der Waals surface area contributed by atoms with Crippen LogP contribution in [-0.4, -0.2) is 17.6 Å². The summed E-state index contributed by atoms with van der Waals surface area (Å²) in [5, 5.41) is 0. The molecule has 33 heavy (non-hydrogen) atoms. The zero-order valence-electron chi connectivity index (χ0n) is 20.4. The van der Waals surface area contributed by atoms with Gasteiger partial charge in [-0.1, -0.05) is 73.9 Å². The molecule has 2 fully saturated rings. The van der Waals surface area contributed by atoms with Crippen molar-refractivity contribution in [3.63, 3.8) is 0 Å². The summed E-state index contributed by atoms with van der Waals surface area (Å²) in [6.07, 6.45) is 14.4. The third kappa shape index (κ3) is 5.25. The average molecular weight is 471 g/mol. The minimum absolute atomic E-state index is 0. The fraction of sp³-hybridized carbons (Fsp3) is 0.586. The molecular formula is C29H43O3P. The maximum atomic E-state index is 10.8. The molecule has 0 saturated heterocycles. The molecule has 3 nitrogen and oxygen atoms in total. The normalized spacial score (nSPS) is 20.9. The van der Waals surface area contributed by atoms with Gasteiger partial charge in [0.15, 0.2) is 0 Å². The first-order chi connectivity index (χ1) is 16.1. The standard InChI is InChI=1S/C29H39O3P.2H2/c1-20-13-24-17-25-14-21(2)16-27(23-11-7-4-8-12-23)29(25)32-19-33(30)18-31-28(24)26(15-20)22-9-5-3-6-10-22;;/h13-16,22-23,30H,3-12,17-19H2,1-2H3;2*1H. The van der Waals surface area contributed by atoms with E-state index in [-0.39, 0.29) is 2.85 Å². The molecule has 1 aliphatic heterocycles. The Hall–Kier alpha value is -1.57. The smallest absolute Gasteiger partial charge is 0.135 e. The lowest BCUT2D eigenvalue weighted by Gasteiger charge is -2.30. The van der Waals surface area contributed by atoms with E-state index >= 15 is 0 Å². The molecule has 3 aliphatic rings. The number of rotatable bonds is 2. The molecule has 0 amide bonds. The zero-order chi connectivity index (χ0) is 22.8. The highest BCUT2D eigenvalue weighted by molar-refractivity contribution is 7.51. The van der Waals surface area contributed by atoms with Gasteiger partial charge in [0.25, 0.3) is 0 Å². The Morgan fingerprint density at radius 2 is 1.12 bits per heavy atom. The lowest BCUT2D eigenvalue weighted by molar-refractivity contribution is 0.324. The molecule has 0 unspecified atom stereocenters. The van der Waals surface area contributed by atoms with Gasteiger partial charge in [-0.2, -0.15) is 0 Å². The van der Waals surface area contributed by atoms with Gasteiger partial charge >= 0.3 is 0 Å². The van der Waals surface area contributed by atoms with Crippen molar-refractivity contribution in [3.05, 3.63) is 57.6 Å². The molecule has 0 radical (unpaired) electrons. The highest BCUT2D eigenvalue weighted by atomic mass is 31.1. The Bertz CT molecular complexity index is 907. The Labute approximate surface area is 203 Å². The number of benzene rings is 2. The lowest BCUT2D eigenvalue weighted by Crippen LogP contribution is -2.15. The van der Waals surface area contributed by atoms with Crippen LogP contribution in [0.1, 0.15) is 112 Å². The maximum Gasteiger partial charge on any atom is 0.135 e. The van der Waals surface area contributed by atoms with Gasteiger partial charge in [0.1, 0.15) is 32.3 Å². The van der Waals surface area contributed by atoms with Crippen LogP contribution in [0.3, 0.4) is 0 Å².